The van der Waals surface area contributed by atoms with E-state index in [1.807, 2.05) is 0 Å². The Balaban J connectivity index is 1.34. The lowest BCUT2D eigenvalue weighted by Crippen LogP contribution is -2.18. The van der Waals surface area contributed by atoms with Gasteiger partial charge in [0.15, 0.2) is 11.9 Å². The van der Waals surface area contributed by atoms with Crippen LogP contribution in [0, 0.1) is 5.92 Å². The predicted molar refractivity (Wildman–Crippen MR) is 149 cm³/mol. The largest absolute Gasteiger partial charge is 0.451 e. The van der Waals surface area contributed by atoms with Gasteiger partial charge in [0.2, 0.25) is 0 Å². The lowest BCUT2D eigenvalue weighted by Gasteiger charge is -2.17. The molecule has 0 radical (unpaired) electrons. The number of H-pyrrole nitrogens is 1. The van der Waals surface area contributed by atoms with Crippen molar-refractivity contribution in [3.05, 3.63) is 84.7 Å². The number of carbonyl (C=O) groups is 1. The van der Waals surface area contributed by atoms with Crippen molar-refractivity contribution < 1.29 is 17.9 Å². The first kappa shape index (κ1) is 26.7. The molecule has 0 saturated heterocycles. The molecule has 2 N–H and O–H groups in total. The molecule has 2 atom stereocenters. The molecule has 4 aromatic rings. The number of nitrogens with one attached hydrogen (secondary N) is 2. The summed E-state index contributed by atoms with van der Waals surface area (Å²) in [6.07, 6.45) is 1.99. The summed E-state index contributed by atoms with van der Waals surface area (Å²) in [6, 6.07) is 9.83. The number of carbonyl (C=O) groups excluding carboxylic acids is 1. The number of aryl methyl sites for hydroxylation is 1. The Morgan fingerprint density at radius 2 is 2.00 bits per heavy atom. The van der Waals surface area contributed by atoms with Gasteiger partial charge in [-0.1, -0.05) is 36.2 Å². The highest BCUT2D eigenvalue weighted by Gasteiger charge is 2.25. The van der Waals surface area contributed by atoms with Crippen LogP contribution in [0.1, 0.15) is 53.0 Å². The van der Waals surface area contributed by atoms with E-state index in [1.165, 1.54) is 58.7 Å². The SMILES string of the molecule is C[C@@H]1CCc2c(sc3nc([C@H](C)OC(=O)c4cccc(NS(=O)(=O)c5ccc(Cl)c(Cl)c5)c4)[nH]c(=O)c23)C1. The number of nitrogens with zero attached hydrogens (tertiary/aromatic N) is 1. The summed E-state index contributed by atoms with van der Waals surface area (Å²) in [4.78, 5) is 34.9. The third-order valence-corrected chi connectivity index (χ3v) is 9.67. The maximum atomic E-state index is 12.9. The van der Waals surface area contributed by atoms with Gasteiger partial charge < -0.3 is 9.72 Å². The summed E-state index contributed by atoms with van der Waals surface area (Å²) >= 11 is 13.3. The van der Waals surface area contributed by atoms with Gasteiger partial charge >= 0.3 is 5.97 Å². The van der Waals surface area contributed by atoms with Crippen molar-refractivity contribution in [1.82, 2.24) is 9.97 Å². The smallest absolute Gasteiger partial charge is 0.338 e. The van der Waals surface area contributed by atoms with Crippen LogP contribution in [0.3, 0.4) is 0 Å². The van der Waals surface area contributed by atoms with E-state index in [0.29, 0.717) is 16.1 Å². The number of sulfonamides is 1. The average molecular weight is 593 g/mol. The Kier molecular flexibility index (Phi) is 7.25. The van der Waals surface area contributed by atoms with Crippen molar-refractivity contribution in [3.8, 4) is 0 Å². The van der Waals surface area contributed by atoms with Crippen LogP contribution < -0.4 is 10.3 Å². The number of anilines is 1. The third kappa shape index (κ3) is 5.31. The standard InChI is InChI=1S/C26H23Cl2N3O5S2/c1-13-6-8-18-21(10-13)37-25-22(18)24(32)29-23(30-25)14(2)36-26(33)15-4-3-5-16(11-15)31-38(34,35)17-7-9-19(27)20(28)12-17/h3-5,7,9,11-14,31H,6,8,10H2,1-2H3,(H,29,30,32)/t13-,14+/m1/s1. The molecule has 0 spiro atoms. The van der Waals surface area contributed by atoms with Crippen LogP contribution in [0.15, 0.2) is 52.2 Å². The van der Waals surface area contributed by atoms with Gasteiger partial charge in [-0.05, 0) is 74.1 Å². The van der Waals surface area contributed by atoms with E-state index in [9.17, 15) is 18.0 Å². The van der Waals surface area contributed by atoms with E-state index in [-0.39, 0.29) is 37.6 Å². The highest BCUT2D eigenvalue weighted by Crippen LogP contribution is 2.36. The number of esters is 1. The summed E-state index contributed by atoms with van der Waals surface area (Å²) in [5.74, 6) is 0.118. The Morgan fingerprint density at radius 1 is 1.21 bits per heavy atom. The van der Waals surface area contributed by atoms with Gasteiger partial charge in [0.1, 0.15) is 4.83 Å². The van der Waals surface area contributed by atoms with E-state index in [0.717, 1.165) is 24.8 Å². The van der Waals surface area contributed by atoms with Gasteiger partial charge in [0, 0.05) is 10.6 Å². The molecule has 0 amide bonds. The fourth-order valence-corrected chi connectivity index (χ4v) is 7.24. The first-order valence-corrected chi connectivity index (χ1v) is 14.9. The summed E-state index contributed by atoms with van der Waals surface area (Å²) in [7, 11) is -3.99. The van der Waals surface area contributed by atoms with Crippen molar-refractivity contribution in [2.75, 3.05) is 4.72 Å². The molecule has 38 heavy (non-hydrogen) atoms. The van der Waals surface area contributed by atoms with Crippen molar-refractivity contribution in [3.63, 3.8) is 0 Å². The van der Waals surface area contributed by atoms with Crippen LogP contribution in [0.25, 0.3) is 10.2 Å². The molecule has 0 fully saturated rings. The van der Waals surface area contributed by atoms with Crippen molar-refractivity contribution in [1.29, 1.82) is 0 Å². The van der Waals surface area contributed by atoms with Crippen LogP contribution in [-0.2, 0) is 27.6 Å². The van der Waals surface area contributed by atoms with E-state index in [4.69, 9.17) is 27.9 Å². The number of benzene rings is 2. The number of halogens is 2. The van der Waals surface area contributed by atoms with E-state index < -0.39 is 22.1 Å². The minimum Gasteiger partial charge on any atom is -0.451 e. The minimum absolute atomic E-state index is 0.0800. The summed E-state index contributed by atoms with van der Waals surface area (Å²) in [5, 5.41) is 0.955. The van der Waals surface area contributed by atoms with Gasteiger partial charge in [0.05, 0.1) is 25.9 Å². The number of ether oxygens (including phenoxy) is 1. The lowest BCUT2D eigenvalue weighted by atomic mass is 9.89. The zero-order chi connectivity index (χ0) is 27.2. The first-order chi connectivity index (χ1) is 18.0. The van der Waals surface area contributed by atoms with Crippen LogP contribution in [0.5, 0.6) is 0 Å². The Morgan fingerprint density at radius 3 is 2.76 bits per heavy atom. The number of hydrogen-bond acceptors (Lipinski definition) is 7. The lowest BCUT2D eigenvalue weighted by molar-refractivity contribution is 0.0320. The normalized spacial score (nSPS) is 16.2. The molecule has 2 aromatic carbocycles. The topological polar surface area (TPSA) is 118 Å². The Bertz CT molecular complexity index is 1730. The molecule has 1 aliphatic carbocycles. The van der Waals surface area contributed by atoms with Gasteiger partial charge in [-0.2, -0.15) is 0 Å². The van der Waals surface area contributed by atoms with Crippen LogP contribution in [0.4, 0.5) is 5.69 Å². The highest BCUT2D eigenvalue weighted by molar-refractivity contribution is 7.92. The molecular formula is C26H23Cl2N3O5S2. The predicted octanol–water partition coefficient (Wildman–Crippen LogP) is 6.14. The fraction of sp³-hybridized carbons (Fsp3) is 0.269. The molecule has 8 nitrogen and oxygen atoms in total. The van der Waals surface area contributed by atoms with Crippen molar-refractivity contribution in [2.24, 2.45) is 5.92 Å². The minimum atomic E-state index is -3.99. The molecule has 0 saturated carbocycles. The number of hydrogen-bond donors (Lipinski definition) is 2. The second kappa shape index (κ2) is 10.3. The number of thiophene rings is 1. The zero-order valence-corrected chi connectivity index (χ0v) is 23.5. The number of fused-ring (bicyclic) bond motifs is 3. The average Bonchev–Trinajstić information content (AvgIpc) is 3.23. The molecule has 0 aliphatic heterocycles. The highest BCUT2D eigenvalue weighted by atomic mass is 35.5. The van der Waals surface area contributed by atoms with Gasteiger partial charge in [-0.3, -0.25) is 9.52 Å². The third-order valence-electron chi connectivity index (χ3n) is 6.40. The molecule has 2 heterocycles. The van der Waals surface area contributed by atoms with Gasteiger partial charge in [-0.25, -0.2) is 18.2 Å². The molecule has 198 valence electrons. The molecule has 1 aliphatic rings. The number of aromatic amines is 1. The maximum Gasteiger partial charge on any atom is 0.338 e. The van der Waals surface area contributed by atoms with E-state index in [1.54, 1.807) is 6.92 Å². The summed E-state index contributed by atoms with van der Waals surface area (Å²) in [6.45, 7) is 3.82. The Hall–Kier alpha value is -2.92. The van der Waals surface area contributed by atoms with Crippen molar-refractivity contribution >= 4 is 66.4 Å². The van der Waals surface area contributed by atoms with Crippen LogP contribution in [-0.4, -0.2) is 24.4 Å². The molecule has 2 aromatic heterocycles. The van der Waals surface area contributed by atoms with E-state index in [2.05, 4.69) is 21.6 Å². The van der Waals surface area contributed by atoms with Gasteiger partial charge in [0.25, 0.3) is 15.6 Å². The monoisotopic (exact) mass is 591 g/mol. The van der Waals surface area contributed by atoms with Crippen LogP contribution in [0.2, 0.25) is 10.0 Å². The van der Waals surface area contributed by atoms with E-state index >= 15 is 0 Å². The quantitative estimate of drug-likeness (QED) is 0.260. The molecule has 12 heteroatoms. The molecular weight excluding hydrogens is 569 g/mol. The van der Waals surface area contributed by atoms with Crippen molar-refractivity contribution in [2.45, 2.75) is 44.1 Å². The second-order valence-electron chi connectivity index (χ2n) is 9.29. The molecule has 5 rings (SSSR count). The molecule has 0 bridgehead atoms. The number of aromatic nitrogens is 2. The Labute approximate surface area is 233 Å². The number of rotatable bonds is 6. The summed E-state index contributed by atoms with van der Waals surface area (Å²) in [5.41, 5.74) is 1.12. The second-order valence-corrected chi connectivity index (χ2v) is 12.9. The maximum absolute atomic E-state index is 12.9. The summed E-state index contributed by atoms with van der Waals surface area (Å²) < 4.78 is 33.5. The first-order valence-electron chi connectivity index (χ1n) is 11.8. The zero-order valence-electron chi connectivity index (χ0n) is 20.4. The molecule has 0 unspecified atom stereocenters. The fourth-order valence-electron chi connectivity index (χ4n) is 4.41. The van der Waals surface area contributed by atoms with Crippen LogP contribution >= 0.6 is 34.5 Å². The van der Waals surface area contributed by atoms with Gasteiger partial charge in [-0.15, -0.1) is 11.3 Å².